The molecule has 2 heterocycles. The lowest BCUT2D eigenvalue weighted by molar-refractivity contribution is 0.200. The van der Waals surface area contributed by atoms with Crippen molar-refractivity contribution in [3.8, 4) is 0 Å². The molecule has 0 radical (unpaired) electrons. The molecule has 4 atom stereocenters. The molecule has 118 valence electrons. The van der Waals surface area contributed by atoms with Gasteiger partial charge < -0.3 is 5.32 Å². The second kappa shape index (κ2) is 6.82. The van der Waals surface area contributed by atoms with Gasteiger partial charge in [0.25, 0.3) is 0 Å². The van der Waals surface area contributed by atoms with Gasteiger partial charge in [-0.05, 0) is 68.8 Å². The average molecular weight is 330 g/mol. The van der Waals surface area contributed by atoms with Crippen LogP contribution in [0.4, 0.5) is 0 Å². The molecule has 3 nitrogen and oxygen atoms in total. The number of pyridine rings is 1. The maximum absolute atomic E-state index is 4.61. The third kappa shape index (κ3) is 3.37. The summed E-state index contributed by atoms with van der Waals surface area (Å²) in [5, 5.41) is 3.49. The minimum Gasteiger partial charge on any atom is -0.316 e. The van der Waals surface area contributed by atoms with Gasteiger partial charge in [0.15, 0.2) is 0 Å². The SMILES string of the molecule is CN(CC1[C@H]2CNC[C@@H]12)C(c1ccccn1)C1CC1.Cl.Cl. The van der Waals surface area contributed by atoms with Crippen molar-refractivity contribution in [3.05, 3.63) is 30.1 Å². The minimum absolute atomic E-state index is 0. The molecule has 5 heteroatoms. The fraction of sp³-hybridized carbons (Fsp3) is 0.688. The zero-order valence-corrected chi connectivity index (χ0v) is 14.1. The van der Waals surface area contributed by atoms with Gasteiger partial charge >= 0.3 is 0 Å². The number of hydrogen-bond donors (Lipinski definition) is 1. The van der Waals surface area contributed by atoms with E-state index in [-0.39, 0.29) is 24.8 Å². The van der Waals surface area contributed by atoms with Gasteiger partial charge in [-0.15, -0.1) is 24.8 Å². The molecular formula is C16H25Cl2N3. The van der Waals surface area contributed by atoms with Crippen molar-refractivity contribution in [2.24, 2.45) is 23.7 Å². The van der Waals surface area contributed by atoms with Crippen LogP contribution in [0.2, 0.25) is 0 Å². The minimum atomic E-state index is 0. The molecule has 1 saturated heterocycles. The molecule has 4 rings (SSSR count). The molecule has 3 aliphatic rings. The van der Waals surface area contributed by atoms with E-state index in [0.717, 1.165) is 23.7 Å². The van der Waals surface area contributed by atoms with E-state index in [1.54, 1.807) is 0 Å². The molecule has 0 spiro atoms. The van der Waals surface area contributed by atoms with Crippen molar-refractivity contribution in [2.45, 2.75) is 18.9 Å². The van der Waals surface area contributed by atoms with Crippen molar-refractivity contribution in [1.29, 1.82) is 0 Å². The van der Waals surface area contributed by atoms with E-state index in [9.17, 15) is 0 Å². The Kier molecular flexibility index (Phi) is 5.53. The average Bonchev–Trinajstić information content (AvgIpc) is 3.32. The smallest absolute Gasteiger partial charge is 0.0578 e. The first kappa shape index (κ1) is 17.0. The molecule has 2 unspecified atom stereocenters. The summed E-state index contributed by atoms with van der Waals surface area (Å²) in [4.78, 5) is 7.19. The maximum atomic E-state index is 4.61. The second-order valence-corrected chi connectivity index (χ2v) is 6.63. The summed E-state index contributed by atoms with van der Waals surface area (Å²) in [6, 6.07) is 6.90. The molecule has 0 aromatic carbocycles. The highest BCUT2D eigenvalue weighted by Crippen LogP contribution is 2.51. The number of halogens is 2. The Labute approximate surface area is 139 Å². The Morgan fingerprint density at radius 3 is 2.52 bits per heavy atom. The highest BCUT2D eigenvalue weighted by molar-refractivity contribution is 5.85. The van der Waals surface area contributed by atoms with E-state index < -0.39 is 0 Å². The zero-order valence-electron chi connectivity index (χ0n) is 12.4. The zero-order chi connectivity index (χ0) is 12.8. The predicted octanol–water partition coefficient (Wildman–Crippen LogP) is 2.77. The summed E-state index contributed by atoms with van der Waals surface area (Å²) in [7, 11) is 2.30. The van der Waals surface area contributed by atoms with Crippen LogP contribution in [0.25, 0.3) is 0 Å². The van der Waals surface area contributed by atoms with Crippen LogP contribution >= 0.6 is 24.8 Å². The van der Waals surface area contributed by atoms with Crippen molar-refractivity contribution in [2.75, 3.05) is 26.7 Å². The lowest BCUT2D eigenvalue weighted by atomic mass is 10.1. The van der Waals surface area contributed by atoms with Gasteiger partial charge in [-0.1, -0.05) is 6.07 Å². The van der Waals surface area contributed by atoms with Crippen LogP contribution < -0.4 is 5.32 Å². The van der Waals surface area contributed by atoms with Crippen molar-refractivity contribution in [3.63, 3.8) is 0 Å². The Balaban J connectivity index is 0.000000807. The molecule has 2 saturated carbocycles. The van der Waals surface area contributed by atoms with E-state index in [1.165, 1.54) is 38.2 Å². The fourth-order valence-corrected chi connectivity index (χ4v) is 4.05. The van der Waals surface area contributed by atoms with E-state index >= 15 is 0 Å². The van der Waals surface area contributed by atoms with Crippen molar-refractivity contribution in [1.82, 2.24) is 15.2 Å². The molecule has 1 N–H and O–H groups in total. The molecule has 2 aliphatic carbocycles. The fourth-order valence-electron chi connectivity index (χ4n) is 4.05. The Hall–Kier alpha value is -0.350. The number of piperidine rings is 1. The molecular weight excluding hydrogens is 305 g/mol. The van der Waals surface area contributed by atoms with Gasteiger partial charge in [0.2, 0.25) is 0 Å². The summed E-state index contributed by atoms with van der Waals surface area (Å²) in [6.07, 6.45) is 4.70. The normalized spacial score (nSPS) is 31.0. The van der Waals surface area contributed by atoms with Crippen molar-refractivity contribution >= 4 is 24.8 Å². The highest BCUT2D eigenvalue weighted by Gasteiger charge is 2.53. The van der Waals surface area contributed by atoms with Crippen LogP contribution in [0, 0.1) is 23.7 Å². The third-order valence-corrected chi connectivity index (χ3v) is 5.30. The van der Waals surface area contributed by atoms with Gasteiger partial charge in [-0.25, -0.2) is 0 Å². The number of aromatic nitrogens is 1. The molecule has 3 fully saturated rings. The Morgan fingerprint density at radius 1 is 1.24 bits per heavy atom. The highest BCUT2D eigenvalue weighted by atomic mass is 35.5. The second-order valence-electron chi connectivity index (χ2n) is 6.63. The summed E-state index contributed by atoms with van der Waals surface area (Å²) in [6.45, 7) is 3.76. The lowest BCUT2D eigenvalue weighted by Gasteiger charge is -2.28. The van der Waals surface area contributed by atoms with Crippen LogP contribution in [-0.4, -0.2) is 36.6 Å². The molecule has 1 aromatic rings. The van der Waals surface area contributed by atoms with Crippen molar-refractivity contribution < 1.29 is 0 Å². The summed E-state index contributed by atoms with van der Waals surface area (Å²) < 4.78 is 0. The first-order chi connectivity index (χ1) is 9.34. The molecule has 0 amide bonds. The summed E-state index contributed by atoms with van der Waals surface area (Å²) in [5.41, 5.74) is 1.27. The largest absolute Gasteiger partial charge is 0.316 e. The Morgan fingerprint density at radius 2 is 1.95 bits per heavy atom. The van der Waals surface area contributed by atoms with E-state index in [2.05, 4.69) is 34.4 Å². The van der Waals surface area contributed by atoms with Crippen LogP contribution in [0.15, 0.2) is 24.4 Å². The number of nitrogens with one attached hydrogen (secondary N) is 1. The number of fused-ring (bicyclic) bond motifs is 1. The molecule has 1 aliphatic heterocycles. The van der Waals surface area contributed by atoms with Gasteiger partial charge in [0.1, 0.15) is 0 Å². The van der Waals surface area contributed by atoms with Crippen LogP contribution in [0.5, 0.6) is 0 Å². The topological polar surface area (TPSA) is 28.2 Å². The molecule has 0 bridgehead atoms. The van der Waals surface area contributed by atoms with Gasteiger partial charge in [-0.3, -0.25) is 9.88 Å². The summed E-state index contributed by atoms with van der Waals surface area (Å²) >= 11 is 0. The maximum Gasteiger partial charge on any atom is 0.0578 e. The number of rotatable bonds is 5. The van der Waals surface area contributed by atoms with Gasteiger partial charge in [0, 0.05) is 12.7 Å². The van der Waals surface area contributed by atoms with Crippen LogP contribution in [0.3, 0.4) is 0 Å². The van der Waals surface area contributed by atoms with Gasteiger partial charge in [-0.2, -0.15) is 0 Å². The number of nitrogens with zero attached hydrogens (tertiary/aromatic N) is 2. The quantitative estimate of drug-likeness (QED) is 0.900. The monoisotopic (exact) mass is 329 g/mol. The predicted molar refractivity (Wildman–Crippen MR) is 90.2 cm³/mol. The lowest BCUT2D eigenvalue weighted by Crippen LogP contribution is -2.31. The van der Waals surface area contributed by atoms with E-state index in [1.807, 2.05) is 12.3 Å². The summed E-state index contributed by atoms with van der Waals surface area (Å²) in [5.74, 6) is 3.71. The van der Waals surface area contributed by atoms with E-state index in [4.69, 9.17) is 0 Å². The molecule has 21 heavy (non-hydrogen) atoms. The Bertz CT molecular complexity index is 442. The standard InChI is InChI=1S/C16H23N3.2ClH/c1-19(10-14-12-8-17-9-13(12)14)16(11-5-6-11)15-4-2-3-7-18-15;;/h2-4,7,11-14,16-17H,5-6,8-10H2,1H3;2*1H/t12-,13+,14?,16?;;. The third-order valence-electron chi connectivity index (χ3n) is 5.30. The molecule has 1 aromatic heterocycles. The van der Waals surface area contributed by atoms with E-state index in [0.29, 0.717) is 6.04 Å². The van der Waals surface area contributed by atoms with Crippen LogP contribution in [0.1, 0.15) is 24.6 Å². The first-order valence-electron chi connectivity index (χ1n) is 7.66. The van der Waals surface area contributed by atoms with Gasteiger partial charge in [0.05, 0.1) is 11.7 Å². The first-order valence-corrected chi connectivity index (χ1v) is 7.66. The van der Waals surface area contributed by atoms with Crippen LogP contribution in [-0.2, 0) is 0 Å². The number of hydrogen-bond acceptors (Lipinski definition) is 3.